The fourth-order valence-electron chi connectivity index (χ4n) is 3.56. The molecule has 2 heterocycles. The molecule has 27 heavy (non-hydrogen) atoms. The summed E-state index contributed by atoms with van der Waals surface area (Å²) in [4.78, 5) is 40.4. The van der Waals surface area contributed by atoms with Crippen LogP contribution in [-0.4, -0.2) is 47.9 Å². The smallest absolute Gasteiger partial charge is 0.262 e. The summed E-state index contributed by atoms with van der Waals surface area (Å²) in [5.41, 5.74) is 1.78. The van der Waals surface area contributed by atoms with E-state index in [-0.39, 0.29) is 12.5 Å². The molecule has 0 aliphatic carbocycles. The van der Waals surface area contributed by atoms with Gasteiger partial charge in [-0.3, -0.25) is 19.3 Å². The van der Waals surface area contributed by atoms with Gasteiger partial charge >= 0.3 is 0 Å². The molecule has 7 nitrogen and oxygen atoms in total. The van der Waals surface area contributed by atoms with E-state index in [0.717, 1.165) is 4.90 Å². The molecule has 2 aliphatic heterocycles. The first kappa shape index (κ1) is 17.2. The van der Waals surface area contributed by atoms with Gasteiger partial charge in [0.25, 0.3) is 11.8 Å². The molecule has 0 radical (unpaired) electrons. The Kier molecular flexibility index (Phi) is 4.16. The Morgan fingerprint density at radius 3 is 2.44 bits per heavy atom. The number of amides is 3. The van der Waals surface area contributed by atoms with Gasteiger partial charge in [0.1, 0.15) is 12.3 Å². The predicted octanol–water partition coefficient (Wildman–Crippen LogP) is 1.76. The zero-order chi connectivity index (χ0) is 19.1. The topological polar surface area (TPSA) is 87.2 Å². The number of imide groups is 1. The first-order chi connectivity index (χ1) is 13.0. The van der Waals surface area contributed by atoms with Crippen LogP contribution in [0.5, 0.6) is 5.75 Å². The van der Waals surface area contributed by atoms with E-state index in [9.17, 15) is 19.5 Å². The van der Waals surface area contributed by atoms with Crippen molar-refractivity contribution in [2.45, 2.75) is 12.5 Å². The summed E-state index contributed by atoms with van der Waals surface area (Å²) >= 11 is 0. The minimum atomic E-state index is -0.672. The average Bonchev–Trinajstić information content (AvgIpc) is 2.93. The molecule has 1 N–H and O–H groups in total. The van der Waals surface area contributed by atoms with Crippen LogP contribution in [0.2, 0.25) is 0 Å². The SMILES string of the molecule is COc1ccc2c(c1)N(C(=O)CN1C(=O)c3ccccc3C1=O)CCC2O. The number of hydrogen-bond donors (Lipinski definition) is 1. The van der Waals surface area contributed by atoms with E-state index >= 15 is 0 Å². The van der Waals surface area contributed by atoms with Crippen molar-refractivity contribution in [3.8, 4) is 5.75 Å². The van der Waals surface area contributed by atoms with Crippen LogP contribution in [0.25, 0.3) is 0 Å². The molecule has 4 rings (SSSR count). The molecule has 7 heteroatoms. The van der Waals surface area contributed by atoms with Gasteiger partial charge in [-0.2, -0.15) is 0 Å². The molecular weight excluding hydrogens is 348 g/mol. The molecule has 0 saturated heterocycles. The number of fused-ring (bicyclic) bond motifs is 2. The number of carbonyl (C=O) groups is 3. The van der Waals surface area contributed by atoms with Crippen molar-refractivity contribution in [3.63, 3.8) is 0 Å². The monoisotopic (exact) mass is 366 g/mol. The lowest BCUT2D eigenvalue weighted by molar-refractivity contribution is -0.119. The first-order valence-electron chi connectivity index (χ1n) is 8.63. The van der Waals surface area contributed by atoms with Crippen molar-refractivity contribution in [2.75, 3.05) is 25.1 Å². The van der Waals surface area contributed by atoms with E-state index in [1.165, 1.54) is 12.0 Å². The number of aliphatic hydroxyl groups is 1. The molecule has 1 atom stereocenters. The lowest BCUT2D eigenvalue weighted by Crippen LogP contribution is -2.45. The molecule has 2 aromatic rings. The summed E-state index contributed by atoms with van der Waals surface area (Å²) in [5.74, 6) is -0.758. The molecule has 0 aromatic heterocycles. The number of hydrogen-bond acceptors (Lipinski definition) is 5. The van der Waals surface area contributed by atoms with Crippen LogP contribution < -0.4 is 9.64 Å². The van der Waals surface area contributed by atoms with E-state index < -0.39 is 17.9 Å². The fraction of sp³-hybridized carbons (Fsp3) is 0.250. The van der Waals surface area contributed by atoms with Crippen molar-refractivity contribution in [2.24, 2.45) is 0 Å². The Labute approximate surface area is 155 Å². The third kappa shape index (κ3) is 2.76. The highest BCUT2D eigenvalue weighted by Gasteiger charge is 2.38. The van der Waals surface area contributed by atoms with E-state index in [2.05, 4.69) is 0 Å². The number of carbonyl (C=O) groups excluding carboxylic acids is 3. The quantitative estimate of drug-likeness (QED) is 0.837. The van der Waals surface area contributed by atoms with Crippen LogP contribution in [0.3, 0.4) is 0 Å². The summed E-state index contributed by atoms with van der Waals surface area (Å²) in [5, 5.41) is 10.2. The minimum Gasteiger partial charge on any atom is -0.497 e. The van der Waals surface area contributed by atoms with Crippen LogP contribution in [0, 0.1) is 0 Å². The normalized spacial score (nSPS) is 18.4. The third-order valence-corrected chi connectivity index (χ3v) is 4.99. The molecule has 0 saturated carbocycles. The first-order valence-corrected chi connectivity index (χ1v) is 8.63. The van der Waals surface area contributed by atoms with Crippen LogP contribution in [-0.2, 0) is 4.79 Å². The van der Waals surface area contributed by atoms with Gasteiger partial charge in [0, 0.05) is 18.2 Å². The zero-order valence-corrected chi connectivity index (χ0v) is 14.7. The number of aliphatic hydroxyl groups excluding tert-OH is 1. The van der Waals surface area contributed by atoms with Crippen LogP contribution in [0.1, 0.15) is 38.8 Å². The number of nitrogens with zero attached hydrogens (tertiary/aromatic N) is 2. The molecule has 0 bridgehead atoms. The summed E-state index contributed by atoms with van der Waals surface area (Å²) in [6.07, 6.45) is -0.290. The van der Waals surface area contributed by atoms with Crippen molar-refractivity contribution < 1.29 is 24.2 Å². The van der Waals surface area contributed by atoms with E-state index in [0.29, 0.717) is 41.1 Å². The maximum absolute atomic E-state index is 12.9. The molecular formula is C20H18N2O5. The Morgan fingerprint density at radius 2 is 1.81 bits per heavy atom. The molecule has 2 aromatic carbocycles. The second-order valence-electron chi connectivity index (χ2n) is 6.52. The highest BCUT2D eigenvalue weighted by Crippen LogP contribution is 2.36. The molecule has 3 amide bonds. The molecule has 138 valence electrons. The van der Waals surface area contributed by atoms with Gasteiger partial charge in [-0.05, 0) is 24.6 Å². The summed E-state index contributed by atoms with van der Waals surface area (Å²) in [7, 11) is 1.52. The number of anilines is 1. The van der Waals surface area contributed by atoms with Crippen molar-refractivity contribution in [1.29, 1.82) is 0 Å². The Balaban J connectivity index is 1.61. The summed E-state index contributed by atoms with van der Waals surface area (Å²) in [6, 6.07) is 11.7. The van der Waals surface area contributed by atoms with Gasteiger partial charge in [-0.1, -0.05) is 18.2 Å². The van der Waals surface area contributed by atoms with E-state index in [1.807, 2.05) is 0 Å². The van der Waals surface area contributed by atoms with Crippen LogP contribution in [0.15, 0.2) is 42.5 Å². The predicted molar refractivity (Wildman–Crippen MR) is 96.7 cm³/mol. The maximum atomic E-state index is 12.9. The summed E-state index contributed by atoms with van der Waals surface area (Å²) < 4.78 is 5.22. The highest BCUT2D eigenvalue weighted by atomic mass is 16.5. The number of methoxy groups -OCH3 is 1. The molecule has 0 fully saturated rings. The number of ether oxygens (including phenoxy) is 1. The number of rotatable bonds is 3. The van der Waals surface area contributed by atoms with Gasteiger partial charge < -0.3 is 14.7 Å². The molecule has 1 unspecified atom stereocenters. The second kappa shape index (κ2) is 6.51. The van der Waals surface area contributed by atoms with Crippen LogP contribution >= 0.6 is 0 Å². The van der Waals surface area contributed by atoms with Gasteiger partial charge in [0.15, 0.2) is 0 Å². The Hall–Kier alpha value is -3.19. The zero-order valence-electron chi connectivity index (χ0n) is 14.7. The minimum absolute atomic E-state index is 0.295. The number of benzene rings is 2. The lowest BCUT2D eigenvalue weighted by atomic mass is 9.98. The lowest BCUT2D eigenvalue weighted by Gasteiger charge is -2.33. The largest absolute Gasteiger partial charge is 0.497 e. The Bertz CT molecular complexity index is 920. The van der Waals surface area contributed by atoms with E-state index in [4.69, 9.17) is 4.74 Å². The fourth-order valence-corrected chi connectivity index (χ4v) is 3.56. The van der Waals surface area contributed by atoms with Crippen molar-refractivity contribution >= 4 is 23.4 Å². The second-order valence-corrected chi connectivity index (χ2v) is 6.52. The maximum Gasteiger partial charge on any atom is 0.262 e. The third-order valence-electron chi connectivity index (χ3n) is 4.99. The average molecular weight is 366 g/mol. The van der Waals surface area contributed by atoms with Gasteiger partial charge in [0.2, 0.25) is 5.91 Å². The van der Waals surface area contributed by atoms with Crippen molar-refractivity contribution in [3.05, 3.63) is 59.2 Å². The molecule has 0 spiro atoms. The molecule has 2 aliphatic rings. The standard InChI is InChI=1S/C20H18N2O5/c1-27-12-6-7-15-16(10-12)21(9-8-17(15)23)18(24)11-22-19(25)13-4-2-3-5-14(13)20(22)26/h2-7,10,17,23H,8-9,11H2,1H3. The van der Waals surface area contributed by atoms with E-state index in [1.54, 1.807) is 42.5 Å². The van der Waals surface area contributed by atoms with Gasteiger partial charge in [-0.25, -0.2) is 0 Å². The summed E-state index contributed by atoms with van der Waals surface area (Å²) in [6.45, 7) is -0.0531. The van der Waals surface area contributed by atoms with Gasteiger partial charge in [0.05, 0.1) is 30.0 Å². The van der Waals surface area contributed by atoms with Crippen molar-refractivity contribution in [1.82, 2.24) is 4.90 Å². The highest BCUT2D eigenvalue weighted by molar-refractivity contribution is 6.22. The Morgan fingerprint density at radius 1 is 1.15 bits per heavy atom. The van der Waals surface area contributed by atoms with Gasteiger partial charge in [-0.15, -0.1) is 0 Å². The van der Waals surface area contributed by atoms with Crippen LogP contribution in [0.4, 0.5) is 5.69 Å².